The van der Waals surface area contributed by atoms with Crippen molar-refractivity contribution in [2.24, 2.45) is 14.1 Å². The summed E-state index contributed by atoms with van der Waals surface area (Å²) in [6, 6.07) is 9.52. The van der Waals surface area contributed by atoms with E-state index in [4.69, 9.17) is 0 Å². The van der Waals surface area contributed by atoms with Crippen LogP contribution in [0.15, 0.2) is 51.2 Å². The smallest absolute Gasteiger partial charge is 0.332 e. The van der Waals surface area contributed by atoms with Gasteiger partial charge in [0.15, 0.2) is 5.78 Å². The van der Waals surface area contributed by atoms with Crippen LogP contribution in [-0.2, 0) is 18.9 Å². The van der Waals surface area contributed by atoms with E-state index in [-0.39, 0.29) is 17.0 Å². The molecule has 1 aromatic heterocycles. The first-order chi connectivity index (χ1) is 11.5. The van der Waals surface area contributed by atoms with Gasteiger partial charge in [0.25, 0.3) is 5.56 Å². The summed E-state index contributed by atoms with van der Waals surface area (Å²) in [5.41, 5.74) is 2.08. The van der Waals surface area contributed by atoms with Gasteiger partial charge in [0.05, 0.1) is 5.56 Å². The van der Waals surface area contributed by atoms with E-state index in [2.05, 4.69) is 5.32 Å². The van der Waals surface area contributed by atoms with Gasteiger partial charge in [0.1, 0.15) is 5.82 Å². The summed E-state index contributed by atoms with van der Waals surface area (Å²) in [6.45, 7) is 0. The van der Waals surface area contributed by atoms with E-state index in [0.29, 0.717) is 29.8 Å². The van der Waals surface area contributed by atoms with Crippen molar-refractivity contribution in [3.63, 3.8) is 0 Å². The number of hydrogen-bond acceptors (Lipinski definition) is 4. The molecule has 0 bridgehead atoms. The van der Waals surface area contributed by atoms with Gasteiger partial charge >= 0.3 is 5.69 Å². The van der Waals surface area contributed by atoms with Crippen molar-refractivity contribution in [1.29, 1.82) is 0 Å². The maximum absolute atomic E-state index is 12.8. The highest BCUT2D eigenvalue weighted by Crippen LogP contribution is 2.44. The summed E-state index contributed by atoms with van der Waals surface area (Å²) in [5.74, 6) is 0.122. The average Bonchev–Trinajstić information content (AvgIpc) is 2.98. The zero-order valence-corrected chi connectivity index (χ0v) is 13.5. The minimum Gasteiger partial charge on any atom is -0.344 e. The first-order valence-corrected chi connectivity index (χ1v) is 7.89. The molecule has 4 rings (SSSR count). The number of carbonyl (C=O) groups is 1. The summed E-state index contributed by atoms with van der Waals surface area (Å²) in [6.07, 6.45) is 1.05. The van der Waals surface area contributed by atoms with Crippen LogP contribution < -0.4 is 16.6 Å². The monoisotopic (exact) mass is 323 g/mol. The van der Waals surface area contributed by atoms with Crippen LogP contribution >= 0.6 is 0 Å². The van der Waals surface area contributed by atoms with Gasteiger partial charge in [-0.1, -0.05) is 30.3 Å². The standard InChI is InChI=1S/C18H17N3O3/c1-20-16-15(17(23)21(2)18(20)24)13(10-6-4-3-5-7-10)14-11(19-16)8-9-12(14)22/h3-7,13,19H,8-9H2,1-2H3. The molecule has 0 spiro atoms. The first kappa shape index (κ1) is 14.7. The molecule has 122 valence electrons. The minimum absolute atomic E-state index is 0.0629. The van der Waals surface area contributed by atoms with Crippen LogP contribution in [0.5, 0.6) is 0 Å². The second-order valence-corrected chi connectivity index (χ2v) is 6.25. The minimum atomic E-state index is -0.432. The number of hydrogen-bond donors (Lipinski definition) is 1. The van der Waals surface area contributed by atoms with E-state index in [1.54, 1.807) is 7.05 Å². The Morgan fingerprint density at radius 2 is 1.71 bits per heavy atom. The van der Waals surface area contributed by atoms with E-state index in [1.807, 2.05) is 30.3 Å². The van der Waals surface area contributed by atoms with Crippen LogP contribution in [0.4, 0.5) is 5.82 Å². The zero-order valence-electron chi connectivity index (χ0n) is 13.5. The normalized spacial score (nSPS) is 19.1. The van der Waals surface area contributed by atoms with Crippen molar-refractivity contribution in [2.45, 2.75) is 18.8 Å². The summed E-state index contributed by atoms with van der Waals surface area (Å²) in [7, 11) is 3.10. The summed E-state index contributed by atoms with van der Waals surface area (Å²) < 4.78 is 2.54. The van der Waals surface area contributed by atoms with Gasteiger partial charge in [-0.15, -0.1) is 0 Å². The van der Waals surface area contributed by atoms with Gasteiger partial charge in [0, 0.05) is 37.7 Å². The third-order valence-electron chi connectivity index (χ3n) is 4.91. The van der Waals surface area contributed by atoms with Crippen molar-refractivity contribution in [3.8, 4) is 0 Å². The molecule has 6 nitrogen and oxygen atoms in total. The van der Waals surface area contributed by atoms with E-state index in [9.17, 15) is 14.4 Å². The quantitative estimate of drug-likeness (QED) is 0.857. The van der Waals surface area contributed by atoms with Gasteiger partial charge in [-0.05, 0) is 12.0 Å². The highest BCUT2D eigenvalue weighted by atomic mass is 16.2. The number of Topliss-reactive ketones (excluding diaryl/α,β-unsaturated/α-hetero) is 1. The number of benzene rings is 1. The summed E-state index contributed by atoms with van der Waals surface area (Å²) >= 11 is 0. The van der Waals surface area contributed by atoms with E-state index in [0.717, 1.165) is 15.8 Å². The number of carbonyl (C=O) groups excluding carboxylic acids is 1. The lowest BCUT2D eigenvalue weighted by atomic mass is 9.82. The van der Waals surface area contributed by atoms with Crippen LogP contribution in [-0.4, -0.2) is 14.9 Å². The van der Waals surface area contributed by atoms with Crippen LogP contribution in [0.2, 0.25) is 0 Å². The number of ketones is 1. The molecule has 1 atom stereocenters. The highest BCUT2D eigenvalue weighted by Gasteiger charge is 2.39. The molecule has 0 saturated heterocycles. The lowest BCUT2D eigenvalue weighted by Gasteiger charge is -2.29. The molecule has 1 aromatic carbocycles. The number of allylic oxidation sites excluding steroid dienone is 2. The molecule has 2 aromatic rings. The number of aromatic nitrogens is 2. The van der Waals surface area contributed by atoms with Gasteiger partial charge in [-0.25, -0.2) is 4.79 Å². The predicted molar refractivity (Wildman–Crippen MR) is 90.1 cm³/mol. The third-order valence-corrected chi connectivity index (χ3v) is 4.91. The van der Waals surface area contributed by atoms with Gasteiger partial charge in [-0.3, -0.25) is 18.7 Å². The summed E-state index contributed by atoms with van der Waals surface area (Å²) in [5, 5.41) is 3.17. The maximum Gasteiger partial charge on any atom is 0.332 e. The first-order valence-electron chi connectivity index (χ1n) is 7.89. The second-order valence-electron chi connectivity index (χ2n) is 6.25. The molecule has 0 fully saturated rings. The lowest BCUT2D eigenvalue weighted by Crippen LogP contribution is -2.43. The highest BCUT2D eigenvalue weighted by molar-refractivity contribution is 6.02. The van der Waals surface area contributed by atoms with Gasteiger partial charge < -0.3 is 5.32 Å². The van der Waals surface area contributed by atoms with Crippen molar-refractivity contribution in [2.75, 3.05) is 5.32 Å². The molecule has 2 heterocycles. The maximum atomic E-state index is 12.8. The molecule has 0 saturated carbocycles. The largest absolute Gasteiger partial charge is 0.344 e. The molecule has 0 radical (unpaired) electrons. The predicted octanol–water partition coefficient (Wildman–Crippen LogP) is 1.26. The Morgan fingerprint density at radius 1 is 1.00 bits per heavy atom. The Bertz CT molecular complexity index is 1010. The Morgan fingerprint density at radius 3 is 2.42 bits per heavy atom. The van der Waals surface area contributed by atoms with Crippen molar-refractivity contribution in [1.82, 2.24) is 9.13 Å². The summed E-state index contributed by atoms with van der Waals surface area (Å²) in [4.78, 5) is 37.6. The van der Waals surface area contributed by atoms with Crippen molar-refractivity contribution >= 4 is 11.6 Å². The molecule has 1 unspecified atom stereocenters. The van der Waals surface area contributed by atoms with Crippen LogP contribution in [0.3, 0.4) is 0 Å². The molecular formula is C18H17N3O3. The number of fused-ring (bicyclic) bond motifs is 1. The molecule has 1 aliphatic carbocycles. The molecule has 2 aliphatic rings. The Labute approximate surface area is 138 Å². The fraction of sp³-hybridized carbons (Fsp3) is 0.278. The molecule has 1 N–H and O–H groups in total. The molecule has 0 amide bonds. The SMILES string of the molecule is Cn1c2c(c(=O)n(C)c1=O)C(c1ccccc1)C1=C(CCC1=O)N2. The Balaban J connectivity index is 2.10. The topological polar surface area (TPSA) is 73.1 Å². The third kappa shape index (κ3) is 1.86. The zero-order chi connectivity index (χ0) is 17.0. The van der Waals surface area contributed by atoms with Crippen LogP contribution in [0, 0.1) is 0 Å². The Hall–Kier alpha value is -2.89. The average molecular weight is 323 g/mol. The number of rotatable bonds is 1. The number of nitrogens with zero attached hydrogens (tertiary/aromatic N) is 2. The molecule has 6 heteroatoms. The Kier molecular flexibility index (Phi) is 3.09. The number of anilines is 1. The van der Waals surface area contributed by atoms with Crippen molar-refractivity contribution in [3.05, 3.63) is 73.6 Å². The fourth-order valence-electron chi connectivity index (χ4n) is 3.69. The van der Waals surface area contributed by atoms with E-state index in [1.165, 1.54) is 11.6 Å². The second kappa shape index (κ2) is 5.06. The van der Waals surface area contributed by atoms with Crippen LogP contribution in [0.1, 0.15) is 29.9 Å². The molecular weight excluding hydrogens is 306 g/mol. The molecule has 24 heavy (non-hydrogen) atoms. The lowest BCUT2D eigenvalue weighted by molar-refractivity contribution is -0.115. The van der Waals surface area contributed by atoms with Crippen molar-refractivity contribution < 1.29 is 4.79 Å². The number of nitrogens with one attached hydrogen (secondary N) is 1. The van der Waals surface area contributed by atoms with E-state index >= 15 is 0 Å². The fourth-order valence-corrected chi connectivity index (χ4v) is 3.69. The van der Waals surface area contributed by atoms with Crippen LogP contribution in [0.25, 0.3) is 0 Å². The molecule has 1 aliphatic heterocycles. The van der Waals surface area contributed by atoms with E-state index < -0.39 is 5.92 Å². The van der Waals surface area contributed by atoms with Gasteiger partial charge in [-0.2, -0.15) is 0 Å². The van der Waals surface area contributed by atoms with Gasteiger partial charge in [0.2, 0.25) is 0 Å².